The molecule has 0 aliphatic heterocycles. The van der Waals surface area contributed by atoms with Crippen LogP contribution in [0.3, 0.4) is 0 Å². The molecule has 20 heavy (non-hydrogen) atoms. The van der Waals surface area contributed by atoms with Gasteiger partial charge in [0, 0.05) is 0 Å². The molecule has 0 aliphatic carbocycles. The summed E-state index contributed by atoms with van der Waals surface area (Å²) in [7, 11) is 2.63. The van der Waals surface area contributed by atoms with E-state index in [0.29, 0.717) is 5.16 Å². The third kappa shape index (κ3) is 3.20. The number of aromatic amines is 1. The number of aromatic nitrogens is 2. The predicted octanol–water partition coefficient (Wildman–Crippen LogP) is 2.26. The maximum Gasteiger partial charge on any atom is 0.356 e. The van der Waals surface area contributed by atoms with Crippen molar-refractivity contribution >= 4 is 35.0 Å². The Kier molecular flexibility index (Phi) is 4.80. The Morgan fingerprint density at radius 3 is 2.80 bits per heavy atom. The van der Waals surface area contributed by atoms with Crippen LogP contribution in [-0.2, 0) is 14.3 Å². The molecule has 2 heterocycles. The Morgan fingerprint density at radius 2 is 2.20 bits per heavy atom. The van der Waals surface area contributed by atoms with Crippen LogP contribution in [0.25, 0.3) is 0 Å². The van der Waals surface area contributed by atoms with Gasteiger partial charge in [-0.3, -0.25) is 4.79 Å². The molecular formula is C12H12N2O4S2. The fourth-order valence-corrected chi connectivity index (χ4v) is 3.22. The average Bonchev–Trinajstić information content (AvgIpc) is 3.14. The van der Waals surface area contributed by atoms with Gasteiger partial charge in [-0.1, -0.05) is 11.8 Å². The number of esters is 2. The number of nitrogens with one attached hydrogen (secondary N) is 1. The topological polar surface area (TPSA) is 81.3 Å². The van der Waals surface area contributed by atoms with E-state index < -0.39 is 11.2 Å². The van der Waals surface area contributed by atoms with Gasteiger partial charge in [-0.2, -0.15) is 11.3 Å². The smallest absolute Gasteiger partial charge is 0.356 e. The summed E-state index contributed by atoms with van der Waals surface area (Å²) in [6.07, 6.45) is 1.37. The normalized spacial score (nSPS) is 11.9. The van der Waals surface area contributed by atoms with Gasteiger partial charge in [0.1, 0.15) is 10.9 Å². The van der Waals surface area contributed by atoms with E-state index in [1.165, 1.54) is 43.5 Å². The van der Waals surface area contributed by atoms with Crippen molar-refractivity contribution in [2.45, 2.75) is 10.4 Å². The molecule has 0 radical (unpaired) electrons. The van der Waals surface area contributed by atoms with Gasteiger partial charge in [-0.05, 0) is 22.4 Å². The van der Waals surface area contributed by atoms with Crippen molar-refractivity contribution in [2.75, 3.05) is 14.2 Å². The number of imidazole rings is 1. The monoisotopic (exact) mass is 312 g/mol. The van der Waals surface area contributed by atoms with Gasteiger partial charge >= 0.3 is 11.9 Å². The molecule has 0 bridgehead atoms. The first-order valence-electron chi connectivity index (χ1n) is 5.55. The fraction of sp³-hybridized carbons (Fsp3) is 0.250. The second kappa shape index (κ2) is 6.58. The highest BCUT2D eigenvalue weighted by atomic mass is 32.2. The minimum Gasteiger partial charge on any atom is -0.468 e. The highest BCUT2D eigenvalue weighted by Gasteiger charge is 2.25. The lowest BCUT2D eigenvalue weighted by Gasteiger charge is -2.11. The SMILES string of the molecule is COC(=O)c1cnc(S[C@H](C(=O)OC)c2ccsc2)[nH]1. The quantitative estimate of drug-likeness (QED) is 0.674. The third-order valence-corrected chi connectivity index (χ3v) is 4.28. The van der Waals surface area contributed by atoms with Crippen LogP contribution >= 0.6 is 23.1 Å². The highest BCUT2D eigenvalue weighted by Crippen LogP contribution is 2.35. The molecule has 0 amide bonds. The van der Waals surface area contributed by atoms with Crippen LogP contribution in [-0.4, -0.2) is 36.1 Å². The maximum absolute atomic E-state index is 11.8. The number of H-pyrrole nitrogens is 1. The molecule has 0 unspecified atom stereocenters. The van der Waals surface area contributed by atoms with Crippen LogP contribution < -0.4 is 0 Å². The molecule has 1 N–H and O–H groups in total. The molecule has 2 aromatic rings. The molecule has 6 nitrogen and oxygen atoms in total. The summed E-state index contributed by atoms with van der Waals surface area (Å²) >= 11 is 2.68. The van der Waals surface area contributed by atoms with Crippen LogP contribution in [0.5, 0.6) is 0 Å². The average molecular weight is 312 g/mol. The third-order valence-electron chi connectivity index (χ3n) is 2.45. The second-order valence-corrected chi connectivity index (χ2v) is 5.55. The number of rotatable bonds is 5. The molecule has 0 saturated heterocycles. The van der Waals surface area contributed by atoms with Crippen LogP contribution in [0, 0.1) is 0 Å². The molecule has 2 rings (SSSR count). The van der Waals surface area contributed by atoms with E-state index in [0.717, 1.165) is 5.56 Å². The maximum atomic E-state index is 11.8. The number of ether oxygens (including phenoxy) is 2. The summed E-state index contributed by atoms with van der Waals surface area (Å²) in [6.45, 7) is 0. The van der Waals surface area contributed by atoms with E-state index in [1.54, 1.807) is 0 Å². The number of thiophene rings is 1. The Morgan fingerprint density at radius 1 is 1.40 bits per heavy atom. The Hall–Kier alpha value is -1.80. The van der Waals surface area contributed by atoms with Crippen molar-refractivity contribution in [1.29, 1.82) is 0 Å². The molecule has 0 aromatic carbocycles. The summed E-state index contributed by atoms with van der Waals surface area (Å²) in [5, 5.41) is 3.68. The zero-order chi connectivity index (χ0) is 14.5. The van der Waals surface area contributed by atoms with Gasteiger partial charge in [0.25, 0.3) is 0 Å². The van der Waals surface area contributed by atoms with Gasteiger partial charge in [0.05, 0.1) is 20.4 Å². The van der Waals surface area contributed by atoms with Crippen LogP contribution in [0.4, 0.5) is 0 Å². The van der Waals surface area contributed by atoms with Gasteiger partial charge in [0.15, 0.2) is 5.16 Å². The number of methoxy groups -OCH3 is 2. The molecule has 0 fully saturated rings. The first-order valence-corrected chi connectivity index (χ1v) is 7.38. The fourth-order valence-electron chi connectivity index (χ4n) is 1.47. The Labute approximate surface area is 123 Å². The lowest BCUT2D eigenvalue weighted by molar-refractivity contribution is -0.140. The van der Waals surface area contributed by atoms with E-state index in [-0.39, 0.29) is 11.7 Å². The van der Waals surface area contributed by atoms with E-state index in [9.17, 15) is 9.59 Å². The van der Waals surface area contributed by atoms with Crippen molar-refractivity contribution in [3.63, 3.8) is 0 Å². The summed E-state index contributed by atoms with van der Waals surface area (Å²) in [5.41, 5.74) is 1.08. The van der Waals surface area contributed by atoms with Crippen molar-refractivity contribution in [3.8, 4) is 0 Å². The summed E-state index contributed by atoms with van der Waals surface area (Å²) in [5.74, 6) is -0.876. The van der Waals surface area contributed by atoms with Crippen LogP contribution in [0.1, 0.15) is 21.3 Å². The molecule has 0 aliphatic rings. The number of thioether (sulfide) groups is 1. The van der Waals surface area contributed by atoms with E-state index in [4.69, 9.17) is 4.74 Å². The minimum atomic E-state index is -0.525. The number of hydrogen-bond donors (Lipinski definition) is 1. The van der Waals surface area contributed by atoms with E-state index in [1.807, 2.05) is 16.8 Å². The van der Waals surface area contributed by atoms with Crippen molar-refractivity contribution in [1.82, 2.24) is 9.97 Å². The zero-order valence-electron chi connectivity index (χ0n) is 10.8. The van der Waals surface area contributed by atoms with Crippen molar-refractivity contribution in [3.05, 3.63) is 34.3 Å². The zero-order valence-corrected chi connectivity index (χ0v) is 12.4. The van der Waals surface area contributed by atoms with Gasteiger partial charge < -0.3 is 14.5 Å². The van der Waals surface area contributed by atoms with Crippen molar-refractivity contribution in [2.24, 2.45) is 0 Å². The molecule has 8 heteroatoms. The highest BCUT2D eigenvalue weighted by molar-refractivity contribution is 8.00. The molecule has 0 saturated carbocycles. The molecule has 0 spiro atoms. The molecule has 2 aromatic heterocycles. The van der Waals surface area contributed by atoms with Gasteiger partial charge in [-0.25, -0.2) is 9.78 Å². The number of nitrogens with zero attached hydrogens (tertiary/aromatic N) is 1. The lowest BCUT2D eigenvalue weighted by Crippen LogP contribution is -2.10. The first kappa shape index (κ1) is 14.6. The number of carbonyl (C=O) groups is 2. The number of hydrogen-bond acceptors (Lipinski definition) is 7. The predicted molar refractivity (Wildman–Crippen MR) is 74.9 cm³/mol. The summed E-state index contributed by atoms with van der Waals surface area (Å²) in [4.78, 5) is 30.0. The lowest BCUT2D eigenvalue weighted by atomic mass is 10.2. The molecule has 1 atom stereocenters. The Balaban J connectivity index is 2.18. The first-order chi connectivity index (χ1) is 9.65. The Bertz CT molecular complexity index is 594. The number of carbonyl (C=O) groups excluding carboxylic acids is 2. The standard InChI is InChI=1S/C12H12N2O4S2/c1-17-10(15)8-5-13-12(14-8)20-9(11(16)18-2)7-3-4-19-6-7/h3-6,9H,1-2H3,(H,13,14)/t9-/m0/s1. The summed E-state index contributed by atoms with van der Waals surface area (Å²) < 4.78 is 9.38. The van der Waals surface area contributed by atoms with Gasteiger partial charge in [0.2, 0.25) is 0 Å². The molecular weight excluding hydrogens is 300 g/mol. The summed E-state index contributed by atoms with van der Waals surface area (Å²) in [6, 6.07) is 1.85. The van der Waals surface area contributed by atoms with E-state index >= 15 is 0 Å². The van der Waals surface area contributed by atoms with E-state index in [2.05, 4.69) is 14.7 Å². The van der Waals surface area contributed by atoms with Crippen LogP contribution in [0.2, 0.25) is 0 Å². The van der Waals surface area contributed by atoms with Crippen molar-refractivity contribution < 1.29 is 19.1 Å². The van der Waals surface area contributed by atoms with Crippen LogP contribution in [0.15, 0.2) is 28.2 Å². The van der Waals surface area contributed by atoms with Gasteiger partial charge in [-0.15, -0.1) is 0 Å². The second-order valence-electron chi connectivity index (χ2n) is 3.67. The minimum absolute atomic E-state index is 0.240. The molecule has 106 valence electrons. The largest absolute Gasteiger partial charge is 0.468 e.